The predicted octanol–water partition coefficient (Wildman–Crippen LogP) is 10.7. The van der Waals surface area contributed by atoms with Gasteiger partial charge in [0.05, 0.1) is 6.61 Å². The third-order valence-corrected chi connectivity index (χ3v) is 11.5. The van der Waals surface area contributed by atoms with Gasteiger partial charge in [-0.2, -0.15) is 8.42 Å². The zero-order valence-corrected chi connectivity index (χ0v) is 40.2. The summed E-state index contributed by atoms with van der Waals surface area (Å²) in [5, 5.41) is 30.9. The Labute approximate surface area is 387 Å². The Hall–Kier alpha value is -2.91. The van der Waals surface area contributed by atoms with Crippen molar-refractivity contribution in [2.45, 2.75) is 218 Å². The molecule has 12 nitrogen and oxygen atoms in total. The van der Waals surface area contributed by atoms with Crippen LogP contribution in [0.3, 0.4) is 0 Å². The second kappa shape index (κ2) is 40.4. The van der Waals surface area contributed by atoms with E-state index in [1.807, 2.05) is 0 Å². The molecule has 1 rings (SSSR count). The van der Waals surface area contributed by atoms with Gasteiger partial charge in [-0.25, -0.2) is 0 Å². The van der Waals surface area contributed by atoms with Crippen LogP contribution >= 0.6 is 0 Å². The van der Waals surface area contributed by atoms with Gasteiger partial charge < -0.3 is 34.3 Å². The maximum absolute atomic E-state index is 12.8. The van der Waals surface area contributed by atoms with E-state index in [1.165, 1.54) is 64.2 Å². The summed E-state index contributed by atoms with van der Waals surface area (Å²) in [6, 6.07) is 0. The van der Waals surface area contributed by atoms with Gasteiger partial charge in [0.1, 0.15) is 36.8 Å². The first kappa shape index (κ1) is 59.1. The minimum Gasteiger partial charge on any atom is -0.462 e. The summed E-state index contributed by atoms with van der Waals surface area (Å²) in [5.74, 6) is -2.04. The van der Waals surface area contributed by atoms with Crippen molar-refractivity contribution in [1.29, 1.82) is 0 Å². The first-order chi connectivity index (χ1) is 31.0. The van der Waals surface area contributed by atoms with Crippen LogP contribution < -0.4 is 0 Å². The molecule has 2 unspecified atom stereocenters. The first-order valence-corrected chi connectivity index (χ1v) is 26.1. The molecule has 0 aliphatic carbocycles. The summed E-state index contributed by atoms with van der Waals surface area (Å²) < 4.78 is 54.1. The molecular weight excluding hydrogens is 837 g/mol. The average Bonchev–Trinajstić information content (AvgIpc) is 3.26. The average molecular weight is 923 g/mol. The molecule has 4 N–H and O–H groups in total. The molecule has 0 radical (unpaired) electrons. The van der Waals surface area contributed by atoms with E-state index in [1.54, 1.807) is 0 Å². The van der Waals surface area contributed by atoms with Gasteiger partial charge in [0.15, 0.2) is 12.4 Å². The molecule has 0 bridgehead atoms. The van der Waals surface area contributed by atoms with E-state index in [2.05, 4.69) is 86.8 Å². The van der Waals surface area contributed by atoms with Gasteiger partial charge in [-0.05, 0) is 83.5 Å². The van der Waals surface area contributed by atoms with Crippen LogP contribution in [0.5, 0.6) is 0 Å². The van der Waals surface area contributed by atoms with Crippen LogP contribution in [0.25, 0.3) is 0 Å². The topological polar surface area (TPSA) is 186 Å². The van der Waals surface area contributed by atoms with E-state index in [0.29, 0.717) is 12.8 Å². The molecule has 0 amide bonds. The maximum atomic E-state index is 12.8. The predicted molar refractivity (Wildman–Crippen MR) is 256 cm³/mol. The summed E-state index contributed by atoms with van der Waals surface area (Å²) >= 11 is 0. The summed E-state index contributed by atoms with van der Waals surface area (Å²) in [6.45, 7) is 3.62. The van der Waals surface area contributed by atoms with Crippen molar-refractivity contribution in [2.24, 2.45) is 0 Å². The zero-order chi connectivity index (χ0) is 46.9. The molecule has 1 aliphatic heterocycles. The van der Waals surface area contributed by atoms with Crippen molar-refractivity contribution in [1.82, 2.24) is 0 Å². The SMILES string of the molecule is CC/C=C/C/C=C/C/C=C/C/C=C/C/C=C/CCCCCC(=O)O[C@H](COC(=O)CCCCCCCCC/C=C/CCCCCCCC)CO[C@H]1O[C@H](CS(=O)(=O)O)[C@@H](O)C(O)C1O. The van der Waals surface area contributed by atoms with Crippen LogP contribution in [0.2, 0.25) is 0 Å². The molecule has 0 aromatic carbocycles. The highest BCUT2D eigenvalue weighted by molar-refractivity contribution is 7.85. The molecule has 6 atom stereocenters. The number of unbranched alkanes of at least 4 members (excludes halogenated alkanes) is 16. The van der Waals surface area contributed by atoms with Crippen LogP contribution in [0, 0.1) is 0 Å². The Kier molecular flexibility index (Phi) is 37.3. The fourth-order valence-electron chi connectivity index (χ4n) is 6.99. The van der Waals surface area contributed by atoms with Crippen LogP contribution in [0.1, 0.15) is 181 Å². The third-order valence-electron chi connectivity index (χ3n) is 10.8. The molecule has 0 spiro atoms. The minimum atomic E-state index is -4.61. The molecule has 64 heavy (non-hydrogen) atoms. The molecule has 368 valence electrons. The molecule has 0 aromatic heterocycles. The van der Waals surface area contributed by atoms with E-state index in [4.69, 9.17) is 18.9 Å². The van der Waals surface area contributed by atoms with Gasteiger partial charge in [0.2, 0.25) is 0 Å². The standard InChI is InChI=1S/C51H86O12S/c1-3-5-7-9-11-13-15-17-19-21-22-24-26-28-30-32-34-36-38-40-47(53)62-44(42-61-51-50(56)49(55)48(54)45(63-51)43-64(57,58)59)41-60-46(52)39-37-35-33-31-29-27-25-23-20-18-16-14-12-10-8-6-4-2/h5,7,11,13,17-20,22,24,28,30,44-45,48-51,54-56H,3-4,6,8-10,12,14-16,21,23,25-27,29,31-43H2,1-2H3,(H,57,58,59)/b7-5+,13-11+,19-17+,20-18+,24-22+,30-28+/t44-,45-,48-,49?,50?,51+/m1/s1. The lowest BCUT2D eigenvalue weighted by molar-refractivity contribution is -0.297. The second-order valence-corrected chi connectivity index (χ2v) is 18.2. The fourth-order valence-corrected chi connectivity index (χ4v) is 7.68. The normalized spacial score (nSPS) is 20.2. The van der Waals surface area contributed by atoms with Crippen LogP contribution in [0.15, 0.2) is 72.9 Å². The molecule has 1 saturated heterocycles. The Morgan fingerprint density at radius 2 is 0.984 bits per heavy atom. The molecule has 1 aliphatic rings. The van der Waals surface area contributed by atoms with E-state index in [-0.39, 0.29) is 19.4 Å². The highest BCUT2D eigenvalue weighted by Crippen LogP contribution is 2.24. The van der Waals surface area contributed by atoms with Gasteiger partial charge in [0, 0.05) is 12.8 Å². The first-order valence-electron chi connectivity index (χ1n) is 24.5. The summed E-state index contributed by atoms with van der Waals surface area (Å²) in [6.07, 6.45) is 42.2. The van der Waals surface area contributed by atoms with E-state index in [9.17, 15) is 37.9 Å². The Bertz CT molecular complexity index is 1450. The van der Waals surface area contributed by atoms with E-state index >= 15 is 0 Å². The van der Waals surface area contributed by atoms with Crippen molar-refractivity contribution < 1.29 is 56.8 Å². The second-order valence-electron chi connectivity index (χ2n) is 16.7. The van der Waals surface area contributed by atoms with Crippen molar-refractivity contribution in [3.63, 3.8) is 0 Å². The van der Waals surface area contributed by atoms with Crippen molar-refractivity contribution >= 4 is 22.1 Å². The van der Waals surface area contributed by atoms with Gasteiger partial charge >= 0.3 is 11.9 Å². The number of rotatable bonds is 40. The fraction of sp³-hybridized carbons (Fsp3) is 0.725. The molecule has 1 heterocycles. The van der Waals surface area contributed by atoms with E-state index < -0.39 is 71.2 Å². The Morgan fingerprint density at radius 3 is 1.50 bits per heavy atom. The maximum Gasteiger partial charge on any atom is 0.306 e. The summed E-state index contributed by atoms with van der Waals surface area (Å²) in [4.78, 5) is 25.5. The van der Waals surface area contributed by atoms with Gasteiger partial charge in [-0.15, -0.1) is 0 Å². The lowest BCUT2D eigenvalue weighted by atomic mass is 10.00. The highest BCUT2D eigenvalue weighted by atomic mass is 32.2. The zero-order valence-electron chi connectivity index (χ0n) is 39.4. The Morgan fingerprint density at radius 1 is 0.547 bits per heavy atom. The molecule has 1 fully saturated rings. The minimum absolute atomic E-state index is 0.121. The van der Waals surface area contributed by atoms with Crippen molar-refractivity contribution in [2.75, 3.05) is 19.0 Å². The molecule has 0 saturated carbocycles. The highest BCUT2D eigenvalue weighted by Gasteiger charge is 2.46. The number of ether oxygens (including phenoxy) is 4. The monoisotopic (exact) mass is 923 g/mol. The summed E-state index contributed by atoms with van der Waals surface area (Å²) in [5.41, 5.74) is 0. The number of esters is 2. The molecule has 13 heteroatoms. The molecular formula is C51H86O12S. The lowest BCUT2D eigenvalue weighted by Gasteiger charge is -2.40. The van der Waals surface area contributed by atoms with E-state index in [0.717, 1.165) is 77.0 Å². The Balaban J connectivity index is 2.44. The number of aliphatic hydroxyl groups excluding tert-OH is 3. The smallest absolute Gasteiger partial charge is 0.306 e. The van der Waals surface area contributed by atoms with Gasteiger partial charge in [-0.3, -0.25) is 14.1 Å². The van der Waals surface area contributed by atoms with Crippen LogP contribution in [0.4, 0.5) is 0 Å². The number of allylic oxidation sites excluding steroid dienone is 12. The summed E-state index contributed by atoms with van der Waals surface area (Å²) in [7, 11) is -4.61. The number of hydrogen-bond acceptors (Lipinski definition) is 11. The van der Waals surface area contributed by atoms with Crippen molar-refractivity contribution in [3.05, 3.63) is 72.9 Å². The largest absolute Gasteiger partial charge is 0.462 e. The number of carbonyl (C=O) groups excluding carboxylic acids is 2. The quantitative estimate of drug-likeness (QED) is 0.0198. The number of hydrogen-bond donors (Lipinski definition) is 4. The third kappa shape index (κ3) is 34.4. The van der Waals surface area contributed by atoms with Gasteiger partial charge in [-0.1, -0.05) is 157 Å². The number of aliphatic hydroxyl groups is 3. The van der Waals surface area contributed by atoms with Gasteiger partial charge in [0.25, 0.3) is 10.1 Å². The molecule has 0 aromatic rings. The van der Waals surface area contributed by atoms with Crippen molar-refractivity contribution in [3.8, 4) is 0 Å². The lowest BCUT2D eigenvalue weighted by Crippen LogP contribution is -2.60. The van der Waals surface area contributed by atoms with Crippen LogP contribution in [-0.2, 0) is 38.7 Å². The number of carbonyl (C=O) groups is 2. The van der Waals surface area contributed by atoms with Crippen LogP contribution in [-0.4, -0.2) is 96.0 Å².